The molecule has 5 nitrogen and oxygen atoms in total. The number of aromatic nitrogens is 2. The average molecular weight is 372 g/mol. The summed E-state index contributed by atoms with van der Waals surface area (Å²) in [5.74, 6) is 0.909. The zero-order chi connectivity index (χ0) is 15.6. The lowest BCUT2D eigenvalue weighted by Gasteiger charge is -2.09. The molecule has 1 aromatic carbocycles. The van der Waals surface area contributed by atoms with Crippen LogP contribution < -0.4 is 10.5 Å². The molecule has 1 heterocycles. The number of ether oxygens (including phenoxy) is 1. The van der Waals surface area contributed by atoms with Gasteiger partial charge in [-0.05, 0) is 34.5 Å². The number of anilines is 1. The van der Waals surface area contributed by atoms with Crippen molar-refractivity contribution in [2.24, 2.45) is 7.05 Å². The van der Waals surface area contributed by atoms with Gasteiger partial charge in [-0.2, -0.15) is 5.10 Å². The van der Waals surface area contributed by atoms with Crippen LogP contribution in [0.3, 0.4) is 0 Å². The summed E-state index contributed by atoms with van der Waals surface area (Å²) in [7, 11) is 2.17. The molecular formula is C14H18BrN3O2S. The Labute approximate surface area is 135 Å². The molecule has 0 aliphatic rings. The summed E-state index contributed by atoms with van der Waals surface area (Å²) >= 11 is 3.54. The van der Waals surface area contributed by atoms with E-state index in [0.29, 0.717) is 22.1 Å². The van der Waals surface area contributed by atoms with E-state index in [0.717, 1.165) is 22.3 Å². The molecule has 2 aromatic rings. The standard InChI is InChI=1S/C14H18BrN3O2S/c1-4-10-14(15)11(18(2)17-10)8-21(19)13-6-5-9(16)7-12(13)20-3/h5-7H,4,8,16H2,1-3H3. The number of rotatable bonds is 5. The van der Waals surface area contributed by atoms with Crippen LogP contribution in [0, 0.1) is 0 Å². The Morgan fingerprint density at radius 2 is 2.19 bits per heavy atom. The lowest BCUT2D eigenvalue weighted by Crippen LogP contribution is -2.05. The van der Waals surface area contributed by atoms with E-state index < -0.39 is 10.8 Å². The Balaban J connectivity index is 2.32. The number of hydrogen-bond donors (Lipinski definition) is 1. The average Bonchev–Trinajstić information content (AvgIpc) is 2.74. The quantitative estimate of drug-likeness (QED) is 0.820. The van der Waals surface area contributed by atoms with Crippen LogP contribution in [0.25, 0.3) is 0 Å². The first-order valence-electron chi connectivity index (χ1n) is 6.50. The van der Waals surface area contributed by atoms with Crippen molar-refractivity contribution in [2.45, 2.75) is 24.0 Å². The van der Waals surface area contributed by atoms with Crippen molar-refractivity contribution < 1.29 is 8.95 Å². The van der Waals surface area contributed by atoms with E-state index in [1.807, 2.05) is 14.0 Å². The molecule has 1 unspecified atom stereocenters. The Hall–Kier alpha value is -1.34. The Morgan fingerprint density at radius 1 is 1.48 bits per heavy atom. The van der Waals surface area contributed by atoms with Gasteiger partial charge in [0.15, 0.2) is 0 Å². The lowest BCUT2D eigenvalue weighted by molar-refractivity contribution is 0.404. The molecule has 0 spiro atoms. The van der Waals surface area contributed by atoms with E-state index >= 15 is 0 Å². The molecule has 7 heteroatoms. The third-order valence-corrected chi connectivity index (χ3v) is 5.48. The van der Waals surface area contributed by atoms with Crippen molar-refractivity contribution in [2.75, 3.05) is 12.8 Å². The van der Waals surface area contributed by atoms with E-state index in [-0.39, 0.29) is 0 Å². The molecule has 2 rings (SSSR count). The molecule has 0 radical (unpaired) electrons. The summed E-state index contributed by atoms with van der Waals surface area (Å²) in [5, 5.41) is 4.42. The summed E-state index contributed by atoms with van der Waals surface area (Å²) in [6.45, 7) is 2.04. The lowest BCUT2D eigenvalue weighted by atomic mass is 10.3. The van der Waals surface area contributed by atoms with Crippen LogP contribution in [0.2, 0.25) is 0 Å². The van der Waals surface area contributed by atoms with Crippen LogP contribution >= 0.6 is 15.9 Å². The predicted molar refractivity (Wildman–Crippen MR) is 87.8 cm³/mol. The molecule has 114 valence electrons. The van der Waals surface area contributed by atoms with E-state index in [1.54, 1.807) is 30.0 Å². The first kappa shape index (κ1) is 16.0. The van der Waals surface area contributed by atoms with Crippen LogP contribution in [-0.2, 0) is 30.0 Å². The van der Waals surface area contributed by atoms with Crippen molar-refractivity contribution in [3.05, 3.63) is 34.1 Å². The smallest absolute Gasteiger partial charge is 0.137 e. The van der Waals surface area contributed by atoms with Gasteiger partial charge in [-0.25, -0.2) is 0 Å². The highest BCUT2D eigenvalue weighted by Crippen LogP contribution is 2.29. The van der Waals surface area contributed by atoms with Crippen molar-refractivity contribution >= 4 is 32.4 Å². The van der Waals surface area contributed by atoms with Crippen molar-refractivity contribution in [1.29, 1.82) is 0 Å². The van der Waals surface area contributed by atoms with Gasteiger partial charge in [-0.3, -0.25) is 8.89 Å². The first-order valence-corrected chi connectivity index (χ1v) is 8.61. The molecule has 0 aliphatic heterocycles. The highest BCUT2D eigenvalue weighted by atomic mass is 79.9. The maximum Gasteiger partial charge on any atom is 0.137 e. The second-order valence-corrected chi connectivity index (χ2v) is 6.80. The van der Waals surface area contributed by atoms with Gasteiger partial charge in [0.1, 0.15) is 5.75 Å². The molecule has 21 heavy (non-hydrogen) atoms. The van der Waals surface area contributed by atoms with Gasteiger partial charge in [-0.15, -0.1) is 0 Å². The largest absolute Gasteiger partial charge is 0.495 e. The fourth-order valence-electron chi connectivity index (χ4n) is 2.05. The minimum atomic E-state index is -1.23. The Morgan fingerprint density at radius 3 is 2.76 bits per heavy atom. The van der Waals surface area contributed by atoms with Crippen LogP contribution in [0.1, 0.15) is 18.3 Å². The fraction of sp³-hybridized carbons (Fsp3) is 0.357. The number of nitrogen functional groups attached to an aromatic ring is 1. The predicted octanol–water partition coefficient (Wildman–Crippen LogP) is 2.64. The van der Waals surface area contributed by atoms with Crippen molar-refractivity contribution in [3.63, 3.8) is 0 Å². The Bertz CT molecular complexity index is 685. The molecule has 0 saturated carbocycles. The number of halogens is 1. The van der Waals surface area contributed by atoms with E-state index in [9.17, 15) is 4.21 Å². The molecule has 0 amide bonds. The third kappa shape index (κ3) is 3.29. The molecule has 0 aliphatic carbocycles. The van der Waals surface area contributed by atoms with Gasteiger partial charge in [0.25, 0.3) is 0 Å². The molecule has 0 bridgehead atoms. The maximum atomic E-state index is 12.6. The number of benzene rings is 1. The fourth-order valence-corrected chi connectivity index (χ4v) is 4.31. The molecule has 2 N–H and O–H groups in total. The summed E-state index contributed by atoms with van der Waals surface area (Å²) < 4.78 is 20.6. The highest BCUT2D eigenvalue weighted by Gasteiger charge is 2.18. The summed E-state index contributed by atoms with van der Waals surface area (Å²) in [6.07, 6.45) is 0.826. The second-order valence-electron chi connectivity index (χ2n) is 4.58. The van der Waals surface area contributed by atoms with Gasteiger partial charge in [0, 0.05) is 18.8 Å². The monoisotopic (exact) mass is 371 g/mol. The summed E-state index contributed by atoms with van der Waals surface area (Å²) in [6, 6.07) is 5.16. The van der Waals surface area contributed by atoms with E-state index in [2.05, 4.69) is 21.0 Å². The van der Waals surface area contributed by atoms with Crippen molar-refractivity contribution in [3.8, 4) is 5.75 Å². The van der Waals surface area contributed by atoms with Crippen LogP contribution in [0.5, 0.6) is 5.75 Å². The first-order chi connectivity index (χ1) is 9.97. The second kappa shape index (κ2) is 6.62. The number of nitrogens with two attached hydrogens (primary N) is 1. The van der Waals surface area contributed by atoms with E-state index in [1.165, 1.54) is 0 Å². The molecule has 1 aromatic heterocycles. The molecular weight excluding hydrogens is 354 g/mol. The highest BCUT2D eigenvalue weighted by molar-refractivity contribution is 9.10. The SMILES string of the molecule is CCc1nn(C)c(CS(=O)c2ccc(N)cc2OC)c1Br. The number of methoxy groups -OCH3 is 1. The molecule has 1 atom stereocenters. The molecule has 0 fully saturated rings. The van der Waals surface area contributed by atoms with E-state index in [4.69, 9.17) is 10.5 Å². The van der Waals surface area contributed by atoms with Crippen LogP contribution in [-0.4, -0.2) is 21.1 Å². The Kier molecular flexibility index (Phi) is 5.05. The topological polar surface area (TPSA) is 70.1 Å². The van der Waals surface area contributed by atoms with Gasteiger partial charge < -0.3 is 10.5 Å². The number of aryl methyl sites for hydroxylation is 2. The normalized spacial score (nSPS) is 12.4. The number of nitrogens with zero attached hydrogens (tertiary/aromatic N) is 2. The maximum absolute atomic E-state index is 12.6. The minimum absolute atomic E-state index is 0.365. The van der Waals surface area contributed by atoms with Crippen molar-refractivity contribution in [1.82, 2.24) is 9.78 Å². The van der Waals surface area contributed by atoms with Gasteiger partial charge in [0.05, 0.1) is 44.4 Å². The third-order valence-electron chi connectivity index (χ3n) is 3.20. The van der Waals surface area contributed by atoms with Gasteiger partial charge in [0.2, 0.25) is 0 Å². The summed E-state index contributed by atoms with van der Waals surface area (Å²) in [4.78, 5) is 0.637. The van der Waals surface area contributed by atoms with Crippen LogP contribution in [0.4, 0.5) is 5.69 Å². The number of hydrogen-bond acceptors (Lipinski definition) is 4. The zero-order valence-corrected chi connectivity index (χ0v) is 14.6. The zero-order valence-electron chi connectivity index (χ0n) is 12.2. The van der Waals surface area contributed by atoms with Crippen LogP contribution in [0.15, 0.2) is 27.6 Å². The van der Waals surface area contributed by atoms with Gasteiger partial charge in [-0.1, -0.05) is 6.92 Å². The minimum Gasteiger partial charge on any atom is -0.495 e. The van der Waals surface area contributed by atoms with Gasteiger partial charge >= 0.3 is 0 Å². The molecule has 0 saturated heterocycles. The summed E-state index contributed by atoms with van der Waals surface area (Å²) in [5.41, 5.74) is 8.18.